The van der Waals surface area contributed by atoms with Crippen LogP contribution in [0.1, 0.15) is 348 Å². The summed E-state index contributed by atoms with van der Waals surface area (Å²) < 4.78 is 16.9. The molecule has 0 aliphatic carbocycles. The molecule has 6 heteroatoms. The van der Waals surface area contributed by atoms with Gasteiger partial charge < -0.3 is 14.2 Å². The SMILES string of the molecule is CC/C=C\C/C=C\C/C=C\C/C=C\C/C=C\CCCCCCCCCCCCCC(=O)OCC(COC(=O)CCCCCCCCCC)OC(=O)CCCCCCCCCCCCCCCCC/C=C\C/C=C\CCCCCCC. The molecule has 0 aliphatic heterocycles. The summed E-state index contributed by atoms with van der Waals surface area (Å²) >= 11 is 0. The Morgan fingerprint density at radius 2 is 0.487 bits per heavy atom. The summed E-state index contributed by atoms with van der Waals surface area (Å²) in [4.78, 5) is 38.2. The Kier molecular flexibility index (Phi) is 65.2. The van der Waals surface area contributed by atoms with Crippen molar-refractivity contribution >= 4 is 17.9 Å². The smallest absolute Gasteiger partial charge is 0.306 e. The van der Waals surface area contributed by atoms with Gasteiger partial charge in [-0.25, -0.2) is 0 Å². The van der Waals surface area contributed by atoms with Crippen LogP contribution in [0.3, 0.4) is 0 Å². The standard InChI is InChI=1S/C74H130O6/c1-4-7-10-13-16-19-21-23-25-27-29-31-33-35-37-39-41-43-45-47-49-51-53-55-58-61-64-67-73(76)79-70-71(69-78-72(75)66-63-60-57-18-15-12-9-6-3)80-74(77)68-65-62-59-56-54-52-50-48-46-44-42-40-38-36-34-32-30-28-26-24-22-20-17-14-11-8-5-2/h7,10,16,19,22-25,28-31,35,37,71H,4-6,8-9,11-15,17-18,20-21,26-27,32-34,36,38-70H2,1-3H3/b10-7-,19-16-,24-22-,25-23-,30-28-,31-29-,37-35-. The van der Waals surface area contributed by atoms with Gasteiger partial charge in [0.2, 0.25) is 0 Å². The predicted molar refractivity (Wildman–Crippen MR) is 348 cm³/mol. The highest BCUT2D eigenvalue weighted by molar-refractivity contribution is 5.71. The van der Waals surface area contributed by atoms with Crippen molar-refractivity contribution in [2.24, 2.45) is 0 Å². The molecule has 0 N–H and O–H groups in total. The van der Waals surface area contributed by atoms with E-state index in [1.54, 1.807) is 0 Å². The van der Waals surface area contributed by atoms with Crippen LogP contribution < -0.4 is 0 Å². The van der Waals surface area contributed by atoms with Crippen LogP contribution in [0, 0.1) is 0 Å². The molecular weight excluding hydrogens is 985 g/mol. The molecule has 0 spiro atoms. The predicted octanol–water partition coefficient (Wildman–Crippen LogP) is 23.8. The quantitative estimate of drug-likeness (QED) is 0.0261. The zero-order valence-corrected chi connectivity index (χ0v) is 53.1. The van der Waals surface area contributed by atoms with E-state index in [0.29, 0.717) is 19.3 Å². The first-order valence-corrected chi connectivity index (χ1v) is 34.6. The second-order valence-corrected chi connectivity index (χ2v) is 23.1. The lowest BCUT2D eigenvalue weighted by atomic mass is 10.0. The van der Waals surface area contributed by atoms with Crippen LogP contribution in [-0.4, -0.2) is 37.2 Å². The van der Waals surface area contributed by atoms with Crippen molar-refractivity contribution in [2.75, 3.05) is 13.2 Å². The fourth-order valence-corrected chi connectivity index (χ4v) is 9.97. The van der Waals surface area contributed by atoms with E-state index in [1.165, 1.54) is 212 Å². The number of esters is 3. The molecule has 6 nitrogen and oxygen atoms in total. The molecule has 0 aromatic rings. The molecule has 0 radical (unpaired) electrons. The summed E-state index contributed by atoms with van der Waals surface area (Å²) in [6.45, 7) is 6.53. The van der Waals surface area contributed by atoms with E-state index < -0.39 is 6.10 Å². The van der Waals surface area contributed by atoms with Gasteiger partial charge in [-0.1, -0.05) is 318 Å². The van der Waals surface area contributed by atoms with E-state index in [9.17, 15) is 14.4 Å². The topological polar surface area (TPSA) is 78.9 Å². The molecule has 0 heterocycles. The third-order valence-corrected chi connectivity index (χ3v) is 15.1. The van der Waals surface area contributed by atoms with Crippen molar-refractivity contribution < 1.29 is 28.6 Å². The van der Waals surface area contributed by atoms with Crippen molar-refractivity contribution in [3.8, 4) is 0 Å². The maximum absolute atomic E-state index is 12.9. The molecule has 0 saturated heterocycles. The number of ether oxygens (including phenoxy) is 3. The summed E-state index contributed by atoms with van der Waals surface area (Å²) in [5.74, 6) is -0.865. The Labute approximate surface area is 496 Å². The van der Waals surface area contributed by atoms with Gasteiger partial charge in [0.15, 0.2) is 6.10 Å². The number of hydrogen-bond acceptors (Lipinski definition) is 6. The van der Waals surface area contributed by atoms with Gasteiger partial charge in [-0.05, 0) is 96.3 Å². The maximum Gasteiger partial charge on any atom is 0.306 e. The second-order valence-electron chi connectivity index (χ2n) is 23.1. The monoisotopic (exact) mass is 1110 g/mol. The Bertz CT molecular complexity index is 1520. The summed E-state index contributed by atoms with van der Waals surface area (Å²) in [6, 6.07) is 0. The lowest BCUT2D eigenvalue weighted by Crippen LogP contribution is -2.30. The van der Waals surface area contributed by atoms with E-state index in [1.807, 2.05) is 0 Å². The first-order valence-electron chi connectivity index (χ1n) is 34.6. The molecule has 0 aliphatic rings. The molecule has 462 valence electrons. The fraction of sp³-hybridized carbons (Fsp3) is 0.770. The van der Waals surface area contributed by atoms with Crippen molar-refractivity contribution in [1.29, 1.82) is 0 Å². The number of unbranched alkanes of at least 4 members (excludes halogenated alkanes) is 38. The highest BCUT2D eigenvalue weighted by Crippen LogP contribution is 2.17. The van der Waals surface area contributed by atoms with Crippen LogP contribution in [0.5, 0.6) is 0 Å². The van der Waals surface area contributed by atoms with Crippen LogP contribution in [0.25, 0.3) is 0 Å². The molecule has 1 atom stereocenters. The maximum atomic E-state index is 12.9. The van der Waals surface area contributed by atoms with Gasteiger partial charge in [-0.15, -0.1) is 0 Å². The van der Waals surface area contributed by atoms with Crippen molar-refractivity contribution in [3.05, 3.63) is 85.1 Å². The molecule has 0 aromatic carbocycles. The number of carbonyl (C=O) groups is 3. The molecule has 0 amide bonds. The van der Waals surface area contributed by atoms with Crippen LogP contribution in [0.15, 0.2) is 85.1 Å². The van der Waals surface area contributed by atoms with E-state index >= 15 is 0 Å². The second kappa shape index (κ2) is 68.1. The van der Waals surface area contributed by atoms with E-state index in [-0.39, 0.29) is 31.1 Å². The molecule has 0 bridgehead atoms. The zero-order chi connectivity index (χ0) is 57.8. The van der Waals surface area contributed by atoms with E-state index in [0.717, 1.165) is 96.3 Å². The number of carbonyl (C=O) groups excluding carboxylic acids is 3. The lowest BCUT2D eigenvalue weighted by Gasteiger charge is -2.18. The first kappa shape index (κ1) is 76.6. The van der Waals surface area contributed by atoms with E-state index in [4.69, 9.17) is 14.2 Å². The minimum atomic E-state index is -0.775. The Morgan fingerprint density at radius 1 is 0.263 bits per heavy atom. The van der Waals surface area contributed by atoms with Gasteiger partial charge in [0.25, 0.3) is 0 Å². The number of allylic oxidation sites excluding steroid dienone is 14. The van der Waals surface area contributed by atoms with Crippen molar-refractivity contribution in [1.82, 2.24) is 0 Å². The molecule has 0 fully saturated rings. The summed E-state index contributed by atoms with van der Waals surface area (Å²) in [5.41, 5.74) is 0. The Hall–Kier alpha value is -3.41. The third-order valence-electron chi connectivity index (χ3n) is 15.1. The van der Waals surface area contributed by atoms with Gasteiger partial charge in [0, 0.05) is 19.3 Å². The van der Waals surface area contributed by atoms with Crippen LogP contribution >= 0.6 is 0 Å². The minimum absolute atomic E-state index is 0.0734. The number of rotatable bonds is 63. The van der Waals surface area contributed by atoms with Gasteiger partial charge >= 0.3 is 17.9 Å². The highest BCUT2D eigenvalue weighted by Gasteiger charge is 2.19. The molecule has 80 heavy (non-hydrogen) atoms. The molecule has 0 aromatic heterocycles. The largest absolute Gasteiger partial charge is 0.462 e. The van der Waals surface area contributed by atoms with Crippen molar-refractivity contribution in [2.45, 2.75) is 354 Å². The zero-order valence-electron chi connectivity index (χ0n) is 53.1. The van der Waals surface area contributed by atoms with Crippen molar-refractivity contribution in [3.63, 3.8) is 0 Å². The minimum Gasteiger partial charge on any atom is -0.462 e. The summed E-state index contributed by atoms with van der Waals surface area (Å²) in [6.07, 6.45) is 90.5. The third kappa shape index (κ3) is 65.4. The van der Waals surface area contributed by atoms with Gasteiger partial charge in [-0.3, -0.25) is 14.4 Å². The lowest BCUT2D eigenvalue weighted by molar-refractivity contribution is -0.167. The average Bonchev–Trinajstić information content (AvgIpc) is 3.46. The fourth-order valence-electron chi connectivity index (χ4n) is 9.97. The summed E-state index contributed by atoms with van der Waals surface area (Å²) in [5, 5.41) is 0. The molecule has 0 rings (SSSR count). The van der Waals surface area contributed by atoms with Gasteiger partial charge in [0.1, 0.15) is 13.2 Å². The molecule has 1 unspecified atom stereocenters. The Morgan fingerprint density at radius 3 is 0.762 bits per heavy atom. The van der Waals surface area contributed by atoms with Gasteiger partial charge in [0.05, 0.1) is 0 Å². The normalized spacial score (nSPS) is 12.6. The van der Waals surface area contributed by atoms with E-state index in [2.05, 4.69) is 106 Å². The number of hydrogen-bond donors (Lipinski definition) is 0. The molecular formula is C74H130O6. The first-order chi connectivity index (χ1) is 39.5. The average molecular weight is 1120 g/mol. The highest BCUT2D eigenvalue weighted by atomic mass is 16.6. The van der Waals surface area contributed by atoms with Crippen LogP contribution in [0.4, 0.5) is 0 Å². The van der Waals surface area contributed by atoms with Crippen LogP contribution in [0.2, 0.25) is 0 Å². The summed E-state index contributed by atoms with van der Waals surface area (Å²) in [7, 11) is 0. The van der Waals surface area contributed by atoms with Gasteiger partial charge in [-0.2, -0.15) is 0 Å². The Balaban J connectivity index is 4.12. The molecule has 0 saturated carbocycles. The van der Waals surface area contributed by atoms with Crippen LogP contribution in [-0.2, 0) is 28.6 Å².